The summed E-state index contributed by atoms with van der Waals surface area (Å²) >= 11 is 3.27. The Balaban J connectivity index is 2.95. The first-order valence-electron chi connectivity index (χ1n) is 4.20. The van der Waals surface area contributed by atoms with Crippen LogP contribution < -0.4 is 0 Å². The predicted octanol–water partition coefficient (Wildman–Crippen LogP) is 2.87. The van der Waals surface area contributed by atoms with Crippen LogP contribution in [0.4, 0.5) is 0 Å². The molecule has 0 unspecified atom stereocenters. The van der Waals surface area contributed by atoms with Gasteiger partial charge >= 0.3 is 0 Å². The average molecular weight is 256 g/mol. The zero-order valence-electron chi connectivity index (χ0n) is 7.70. The zero-order valence-corrected chi connectivity index (χ0v) is 9.28. The summed E-state index contributed by atoms with van der Waals surface area (Å²) in [7, 11) is 0. The average Bonchev–Trinajstić information content (AvgIpc) is 2.20. The summed E-state index contributed by atoms with van der Waals surface area (Å²) in [5, 5.41) is 11.5. The highest BCUT2D eigenvalue weighted by Crippen LogP contribution is 2.11. The van der Waals surface area contributed by atoms with Crippen molar-refractivity contribution in [3.05, 3.63) is 34.3 Å². The lowest BCUT2D eigenvalue weighted by atomic mass is 10.1. The molecule has 3 nitrogen and oxygen atoms in total. The first-order chi connectivity index (χ1) is 6.69. The molecular formula is C10H10BrNO2. The number of carbonyl (C=O) groups is 1. The van der Waals surface area contributed by atoms with E-state index in [2.05, 4.69) is 21.1 Å². The van der Waals surface area contributed by atoms with Gasteiger partial charge in [-0.05, 0) is 30.7 Å². The van der Waals surface area contributed by atoms with E-state index in [4.69, 9.17) is 5.21 Å². The molecule has 1 aromatic carbocycles. The van der Waals surface area contributed by atoms with Gasteiger partial charge in [0.2, 0.25) is 5.78 Å². The van der Waals surface area contributed by atoms with Gasteiger partial charge in [0.1, 0.15) is 5.71 Å². The Morgan fingerprint density at radius 1 is 1.43 bits per heavy atom. The molecular weight excluding hydrogens is 246 g/mol. The number of Topliss-reactive ketones (excluding diaryl/α,β-unsaturated/α-hetero) is 1. The van der Waals surface area contributed by atoms with Gasteiger partial charge in [0, 0.05) is 10.0 Å². The fourth-order valence-electron chi connectivity index (χ4n) is 1.04. The molecule has 0 aromatic heterocycles. The Labute approximate surface area is 90.6 Å². The third-order valence-electron chi connectivity index (χ3n) is 1.82. The largest absolute Gasteiger partial charge is 0.411 e. The number of nitrogens with zero attached hydrogens (tertiary/aromatic N) is 1. The molecule has 0 aliphatic carbocycles. The number of hydrogen-bond acceptors (Lipinski definition) is 3. The van der Waals surface area contributed by atoms with E-state index in [0.717, 1.165) is 4.47 Å². The Kier molecular flexibility index (Phi) is 3.83. The number of rotatable bonds is 3. The quantitative estimate of drug-likeness (QED) is 0.391. The first kappa shape index (κ1) is 10.9. The van der Waals surface area contributed by atoms with Crippen LogP contribution in [0.5, 0.6) is 0 Å². The summed E-state index contributed by atoms with van der Waals surface area (Å²) in [6, 6.07) is 6.93. The molecule has 1 aromatic rings. The van der Waals surface area contributed by atoms with Crippen LogP contribution in [0.25, 0.3) is 0 Å². The van der Waals surface area contributed by atoms with Gasteiger partial charge in [-0.25, -0.2) is 0 Å². The number of carbonyl (C=O) groups excluding carboxylic acids is 1. The molecule has 74 valence electrons. The minimum atomic E-state index is -0.234. The van der Waals surface area contributed by atoms with Crippen molar-refractivity contribution in [1.29, 1.82) is 0 Å². The monoisotopic (exact) mass is 255 g/mol. The van der Waals surface area contributed by atoms with E-state index >= 15 is 0 Å². The van der Waals surface area contributed by atoms with Gasteiger partial charge in [0.25, 0.3) is 0 Å². The second kappa shape index (κ2) is 4.91. The summed E-state index contributed by atoms with van der Waals surface area (Å²) < 4.78 is 0.910. The summed E-state index contributed by atoms with van der Waals surface area (Å²) in [5.74, 6) is -0.234. The molecule has 0 bridgehead atoms. The fraction of sp³-hybridized carbons (Fsp3) is 0.200. The molecule has 0 saturated heterocycles. The normalized spacial score (nSPS) is 11.4. The van der Waals surface area contributed by atoms with E-state index < -0.39 is 0 Å². The number of halogens is 1. The Bertz CT molecular complexity index is 357. The third kappa shape index (κ3) is 2.42. The zero-order chi connectivity index (χ0) is 10.6. The van der Waals surface area contributed by atoms with E-state index in [1.807, 2.05) is 0 Å². The van der Waals surface area contributed by atoms with E-state index in [0.29, 0.717) is 12.0 Å². The summed E-state index contributed by atoms with van der Waals surface area (Å²) in [5.41, 5.74) is 0.704. The molecule has 0 saturated carbocycles. The highest BCUT2D eigenvalue weighted by Gasteiger charge is 2.12. The SMILES string of the molecule is CCC(=NO)C(=O)c1ccc(Br)cc1. The van der Waals surface area contributed by atoms with Crippen molar-refractivity contribution in [3.63, 3.8) is 0 Å². The van der Waals surface area contributed by atoms with Gasteiger partial charge in [0.05, 0.1) is 0 Å². The first-order valence-corrected chi connectivity index (χ1v) is 4.99. The fourth-order valence-corrected chi connectivity index (χ4v) is 1.31. The molecule has 0 heterocycles. The van der Waals surface area contributed by atoms with Gasteiger partial charge in [0.15, 0.2) is 0 Å². The Morgan fingerprint density at radius 3 is 2.43 bits per heavy atom. The maximum atomic E-state index is 11.6. The summed E-state index contributed by atoms with van der Waals surface area (Å²) in [4.78, 5) is 11.6. The molecule has 0 spiro atoms. The molecule has 14 heavy (non-hydrogen) atoms. The lowest BCUT2D eigenvalue weighted by Crippen LogP contribution is -2.13. The van der Waals surface area contributed by atoms with Crippen LogP contribution >= 0.6 is 15.9 Å². The number of benzene rings is 1. The molecule has 0 aliphatic heterocycles. The van der Waals surface area contributed by atoms with Crippen LogP contribution in [-0.4, -0.2) is 16.7 Å². The smallest absolute Gasteiger partial charge is 0.210 e. The highest BCUT2D eigenvalue weighted by molar-refractivity contribution is 9.10. The van der Waals surface area contributed by atoms with Crippen molar-refractivity contribution in [2.75, 3.05) is 0 Å². The maximum absolute atomic E-state index is 11.6. The maximum Gasteiger partial charge on any atom is 0.210 e. The van der Waals surface area contributed by atoms with E-state index in [1.165, 1.54) is 0 Å². The van der Waals surface area contributed by atoms with Gasteiger partial charge in [-0.2, -0.15) is 0 Å². The van der Waals surface area contributed by atoms with E-state index in [1.54, 1.807) is 31.2 Å². The Morgan fingerprint density at radius 2 is 2.00 bits per heavy atom. The second-order valence-electron chi connectivity index (χ2n) is 2.74. The number of hydrogen-bond donors (Lipinski definition) is 1. The predicted molar refractivity (Wildman–Crippen MR) is 58.0 cm³/mol. The van der Waals surface area contributed by atoms with Gasteiger partial charge in [-0.3, -0.25) is 4.79 Å². The van der Waals surface area contributed by atoms with Crippen LogP contribution in [0.3, 0.4) is 0 Å². The van der Waals surface area contributed by atoms with Crippen molar-refractivity contribution in [3.8, 4) is 0 Å². The number of ketones is 1. The van der Waals surface area contributed by atoms with Crippen molar-refractivity contribution in [2.45, 2.75) is 13.3 Å². The van der Waals surface area contributed by atoms with Crippen LogP contribution in [0.2, 0.25) is 0 Å². The van der Waals surface area contributed by atoms with Crippen LogP contribution in [0.1, 0.15) is 23.7 Å². The molecule has 0 amide bonds. The molecule has 1 rings (SSSR count). The molecule has 0 radical (unpaired) electrons. The van der Waals surface area contributed by atoms with E-state index in [-0.39, 0.29) is 11.5 Å². The molecule has 4 heteroatoms. The highest BCUT2D eigenvalue weighted by atomic mass is 79.9. The van der Waals surface area contributed by atoms with Crippen molar-refractivity contribution >= 4 is 27.4 Å². The van der Waals surface area contributed by atoms with Crippen molar-refractivity contribution < 1.29 is 10.0 Å². The second-order valence-corrected chi connectivity index (χ2v) is 3.65. The molecule has 0 atom stereocenters. The topological polar surface area (TPSA) is 49.7 Å². The minimum Gasteiger partial charge on any atom is -0.411 e. The van der Waals surface area contributed by atoms with Gasteiger partial charge in [-0.1, -0.05) is 28.0 Å². The lowest BCUT2D eigenvalue weighted by Gasteiger charge is -2.00. The molecule has 0 fully saturated rings. The molecule has 0 aliphatic rings. The van der Waals surface area contributed by atoms with Crippen LogP contribution in [0.15, 0.2) is 33.9 Å². The summed E-state index contributed by atoms with van der Waals surface area (Å²) in [6.45, 7) is 1.77. The van der Waals surface area contributed by atoms with Gasteiger partial charge in [-0.15, -0.1) is 0 Å². The van der Waals surface area contributed by atoms with Crippen molar-refractivity contribution in [2.24, 2.45) is 5.16 Å². The third-order valence-corrected chi connectivity index (χ3v) is 2.35. The van der Waals surface area contributed by atoms with Gasteiger partial charge < -0.3 is 5.21 Å². The van der Waals surface area contributed by atoms with E-state index in [9.17, 15) is 4.79 Å². The van der Waals surface area contributed by atoms with Crippen LogP contribution in [-0.2, 0) is 0 Å². The number of oxime groups is 1. The minimum absolute atomic E-state index is 0.173. The standard InChI is InChI=1S/C10H10BrNO2/c1-2-9(12-14)10(13)7-3-5-8(11)6-4-7/h3-6,14H,2H2,1H3. The summed E-state index contributed by atoms with van der Waals surface area (Å²) in [6.07, 6.45) is 0.422. The van der Waals surface area contributed by atoms with Crippen LogP contribution in [0, 0.1) is 0 Å². The Hall–Kier alpha value is -1.16. The molecule has 1 N–H and O–H groups in total. The lowest BCUT2D eigenvalue weighted by molar-refractivity contribution is 0.106. The van der Waals surface area contributed by atoms with Crippen molar-refractivity contribution in [1.82, 2.24) is 0 Å².